The van der Waals surface area contributed by atoms with Crippen molar-refractivity contribution >= 4 is 0 Å². The number of rotatable bonds is 2. The summed E-state index contributed by atoms with van der Waals surface area (Å²) in [5.41, 5.74) is 0. The Morgan fingerprint density at radius 2 is 1.75 bits per heavy atom. The molecular formula is C9H17F2N. The summed E-state index contributed by atoms with van der Waals surface area (Å²) in [6, 6.07) is 0. The summed E-state index contributed by atoms with van der Waals surface area (Å²) < 4.78 is 25.4. The number of nitrogens with zero attached hydrogens (tertiary/aromatic N) is 1. The number of likely N-dealkylation sites (tertiary alicyclic amines) is 1. The van der Waals surface area contributed by atoms with Crippen molar-refractivity contribution in [2.45, 2.75) is 32.6 Å². The SMILES string of the molecule is CC(C)CN1CCC(F)(F)CC1. The molecule has 1 fully saturated rings. The van der Waals surface area contributed by atoms with E-state index in [1.54, 1.807) is 0 Å². The Hall–Kier alpha value is -0.180. The summed E-state index contributed by atoms with van der Waals surface area (Å²) in [4.78, 5) is 2.13. The molecule has 1 saturated heterocycles. The van der Waals surface area contributed by atoms with Gasteiger partial charge in [-0.15, -0.1) is 0 Å². The van der Waals surface area contributed by atoms with Crippen molar-refractivity contribution in [2.24, 2.45) is 5.92 Å². The lowest BCUT2D eigenvalue weighted by atomic mass is 10.1. The van der Waals surface area contributed by atoms with Gasteiger partial charge >= 0.3 is 0 Å². The molecule has 1 aliphatic rings. The molecule has 3 heteroatoms. The van der Waals surface area contributed by atoms with E-state index < -0.39 is 5.92 Å². The first kappa shape index (κ1) is 9.90. The number of piperidine rings is 1. The summed E-state index contributed by atoms with van der Waals surface area (Å²) in [5, 5.41) is 0. The van der Waals surface area contributed by atoms with Gasteiger partial charge in [0.25, 0.3) is 5.92 Å². The van der Waals surface area contributed by atoms with E-state index in [2.05, 4.69) is 18.7 Å². The monoisotopic (exact) mass is 177 g/mol. The van der Waals surface area contributed by atoms with Crippen LogP contribution in [0.3, 0.4) is 0 Å². The topological polar surface area (TPSA) is 3.24 Å². The van der Waals surface area contributed by atoms with Crippen LogP contribution in [0.25, 0.3) is 0 Å². The predicted octanol–water partition coefficient (Wildman–Crippen LogP) is 2.37. The van der Waals surface area contributed by atoms with Gasteiger partial charge in [-0.25, -0.2) is 8.78 Å². The van der Waals surface area contributed by atoms with Crippen LogP contribution in [0.4, 0.5) is 8.78 Å². The Balaban J connectivity index is 2.27. The summed E-state index contributed by atoms with van der Waals surface area (Å²) in [6.45, 7) is 6.31. The number of hydrogen-bond acceptors (Lipinski definition) is 1. The maximum atomic E-state index is 12.7. The van der Waals surface area contributed by atoms with Gasteiger partial charge < -0.3 is 4.90 Å². The minimum atomic E-state index is -2.40. The van der Waals surface area contributed by atoms with Gasteiger partial charge in [0.1, 0.15) is 0 Å². The Morgan fingerprint density at radius 3 is 2.17 bits per heavy atom. The molecule has 0 unspecified atom stereocenters. The van der Waals surface area contributed by atoms with Crippen molar-refractivity contribution in [3.63, 3.8) is 0 Å². The highest BCUT2D eigenvalue weighted by molar-refractivity contribution is 4.77. The van der Waals surface area contributed by atoms with E-state index in [-0.39, 0.29) is 12.8 Å². The average molecular weight is 177 g/mol. The average Bonchev–Trinajstić information content (AvgIpc) is 1.93. The molecule has 0 aromatic carbocycles. The van der Waals surface area contributed by atoms with Crippen molar-refractivity contribution in [1.82, 2.24) is 4.90 Å². The molecule has 12 heavy (non-hydrogen) atoms. The number of alkyl halides is 2. The van der Waals surface area contributed by atoms with Crippen LogP contribution in [0.2, 0.25) is 0 Å². The highest BCUT2D eigenvalue weighted by Crippen LogP contribution is 2.27. The van der Waals surface area contributed by atoms with Crippen molar-refractivity contribution in [2.75, 3.05) is 19.6 Å². The Morgan fingerprint density at radius 1 is 1.25 bits per heavy atom. The number of halogens is 2. The van der Waals surface area contributed by atoms with Crippen molar-refractivity contribution in [3.05, 3.63) is 0 Å². The van der Waals surface area contributed by atoms with Crippen LogP contribution >= 0.6 is 0 Å². The fourth-order valence-electron chi connectivity index (χ4n) is 1.58. The fourth-order valence-corrected chi connectivity index (χ4v) is 1.58. The van der Waals surface area contributed by atoms with Gasteiger partial charge in [0.15, 0.2) is 0 Å². The molecular weight excluding hydrogens is 160 g/mol. The largest absolute Gasteiger partial charge is 0.303 e. The van der Waals surface area contributed by atoms with Crippen molar-refractivity contribution in [3.8, 4) is 0 Å². The van der Waals surface area contributed by atoms with Gasteiger partial charge in [0.05, 0.1) is 0 Å². The molecule has 0 aliphatic carbocycles. The van der Waals surface area contributed by atoms with Gasteiger partial charge in [-0.05, 0) is 5.92 Å². The molecule has 72 valence electrons. The van der Waals surface area contributed by atoms with Gasteiger partial charge in [-0.1, -0.05) is 13.8 Å². The highest BCUT2D eigenvalue weighted by Gasteiger charge is 2.33. The van der Waals surface area contributed by atoms with Crippen LogP contribution in [0.1, 0.15) is 26.7 Å². The van der Waals surface area contributed by atoms with Crippen LogP contribution in [0.5, 0.6) is 0 Å². The van der Waals surface area contributed by atoms with Gasteiger partial charge in [0.2, 0.25) is 0 Å². The molecule has 0 aromatic heterocycles. The molecule has 1 rings (SSSR count). The van der Waals surface area contributed by atoms with Crippen LogP contribution < -0.4 is 0 Å². The second-order valence-corrected chi connectivity index (χ2v) is 4.05. The fraction of sp³-hybridized carbons (Fsp3) is 1.00. The standard InChI is InChI=1S/C9H17F2N/c1-8(2)7-12-5-3-9(10,11)4-6-12/h8H,3-7H2,1-2H3. The molecule has 0 atom stereocenters. The van der Waals surface area contributed by atoms with E-state index in [0.717, 1.165) is 6.54 Å². The van der Waals surface area contributed by atoms with Gasteiger partial charge in [-0.2, -0.15) is 0 Å². The molecule has 0 spiro atoms. The lowest BCUT2D eigenvalue weighted by Crippen LogP contribution is -2.40. The predicted molar refractivity (Wildman–Crippen MR) is 45.5 cm³/mol. The zero-order chi connectivity index (χ0) is 9.19. The molecule has 0 saturated carbocycles. The first-order valence-electron chi connectivity index (χ1n) is 4.60. The molecule has 0 N–H and O–H groups in total. The minimum Gasteiger partial charge on any atom is -0.303 e. The number of hydrogen-bond donors (Lipinski definition) is 0. The molecule has 0 aromatic rings. The third-order valence-electron chi connectivity index (χ3n) is 2.21. The zero-order valence-electron chi connectivity index (χ0n) is 7.82. The lowest BCUT2D eigenvalue weighted by molar-refractivity contribution is -0.0566. The third-order valence-corrected chi connectivity index (χ3v) is 2.21. The minimum absolute atomic E-state index is 0.0414. The van der Waals surface area contributed by atoms with Gasteiger partial charge in [-0.3, -0.25) is 0 Å². The first-order chi connectivity index (χ1) is 5.49. The quantitative estimate of drug-likeness (QED) is 0.626. The van der Waals surface area contributed by atoms with Crippen LogP contribution in [0.15, 0.2) is 0 Å². The summed E-state index contributed by atoms with van der Waals surface area (Å²) in [5.74, 6) is -1.82. The van der Waals surface area contributed by atoms with E-state index in [4.69, 9.17) is 0 Å². The van der Waals surface area contributed by atoms with Crippen molar-refractivity contribution < 1.29 is 8.78 Å². The lowest BCUT2D eigenvalue weighted by Gasteiger charge is -2.32. The molecule has 1 aliphatic heterocycles. The van der Waals surface area contributed by atoms with E-state index in [9.17, 15) is 8.78 Å². The third kappa shape index (κ3) is 3.05. The van der Waals surface area contributed by atoms with Crippen LogP contribution in [0, 0.1) is 5.92 Å². The van der Waals surface area contributed by atoms with E-state index in [1.165, 1.54) is 0 Å². The molecule has 1 heterocycles. The maximum Gasteiger partial charge on any atom is 0.250 e. The second-order valence-electron chi connectivity index (χ2n) is 4.05. The normalized spacial score (nSPS) is 24.8. The Bertz CT molecular complexity index is 135. The Labute approximate surface area is 72.7 Å². The van der Waals surface area contributed by atoms with Crippen LogP contribution in [-0.4, -0.2) is 30.5 Å². The summed E-state index contributed by atoms with van der Waals surface area (Å²) >= 11 is 0. The van der Waals surface area contributed by atoms with Gasteiger partial charge in [0, 0.05) is 32.5 Å². The molecule has 0 bridgehead atoms. The van der Waals surface area contributed by atoms with E-state index in [1.807, 2.05) is 0 Å². The molecule has 0 radical (unpaired) electrons. The molecule has 0 amide bonds. The van der Waals surface area contributed by atoms with E-state index in [0.29, 0.717) is 19.0 Å². The summed E-state index contributed by atoms with van der Waals surface area (Å²) in [7, 11) is 0. The summed E-state index contributed by atoms with van der Waals surface area (Å²) in [6.07, 6.45) is 0.0828. The first-order valence-corrected chi connectivity index (χ1v) is 4.60. The smallest absolute Gasteiger partial charge is 0.250 e. The van der Waals surface area contributed by atoms with E-state index >= 15 is 0 Å². The van der Waals surface area contributed by atoms with Crippen molar-refractivity contribution in [1.29, 1.82) is 0 Å². The van der Waals surface area contributed by atoms with Crippen LogP contribution in [-0.2, 0) is 0 Å². The highest BCUT2D eigenvalue weighted by atomic mass is 19.3. The zero-order valence-corrected chi connectivity index (χ0v) is 7.82. The Kier molecular flexibility index (Phi) is 3.04. The maximum absolute atomic E-state index is 12.7. The molecule has 1 nitrogen and oxygen atoms in total. The second kappa shape index (κ2) is 3.69.